The molecule has 0 N–H and O–H groups in total. The van der Waals surface area contributed by atoms with Crippen LogP contribution in [0.25, 0.3) is 11.1 Å². The third-order valence-electron chi connectivity index (χ3n) is 7.23. The minimum Gasteiger partial charge on any atom is -0.492 e. The number of rotatable bonds is 9. The fourth-order valence-electron chi connectivity index (χ4n) is 5.33. The molecule has 0 bridgehead atoms. The molecule has 6 aromatic rings. The first-order valence-corrected chi connectivity index (χ1v) is 13.9. The van der Waals surface area contributed by atoms with Gasteiger partial charge in [-0.2, -0.15) is 0 Å². The van der Waals surface area contributed by atoms with Crippen molar-refractivity contribution in [3.05, 3.63) is 158 Å². The molecule has 0 saturated carbocycles. The van der Waals surface area contributed by atoms with Crippen molar-refractivity contribution in [1.82, 2.24) is 0 Å². The molecule has 0 amide bonds. The molecule has 0 aliphatic rings. The summed E-state index contributed by atoms with van der Waals surface area (Å²) in [7, 11) is 3.39. The van der Waals surface area contributed by atoms with E-state index in [9.17, 15) is 0 Å². The number of para-hydroxylation sites is 4. The van der Waals surface area contributed by atoms with E-state index in [1.165, 1.54) is 0 Å². The van der Waals surface area contributed by atoms with Crippen LogP contribution in [0, 0.1) is 0 Å². The van der Waals surface area contributed by atoms with Crippen molar-refractivity contribution < 1.29 is 9.47 Å². The number of benzene rings is 6. The molecule has 6 rings (SSSR count). The maximum Gasteiger partial charge on any atom is 0.185 e. The Kier molecular flexibility index (Phi) is 7.87. The lowest BCUT2D eigenvalue weighted by Crippen LogP contribution is -2.12. The van der Waals surface area contributed by atoms with Crippen LogP contribution in [0.3, 0.4) is 0 Å². The van der Waals surface area contributed by atoms with E-state index >= 15 is 0 Å². The van der Waals surface area contributed by atoms with Crippen LogP contribution in [0.15, 0.2) is 158 Å². The van der Waals surface area contributed by atoms with Gasteiger partial charge < -0.3 is 19.3 Å². The Morgan fingerprint density at radius 1 is 0.357 bits per heavy atom. The predicted octanol–water partition coefficient (Wildman–Crippen LogP) is 10.3. The van der Waals surface area contributed by atoms with Crippen LogP contribution >= 0.6 is 0 Å². The zero-order valence-corrected chi connectivity index (χ0v) is 23.7. The molecule has 0 radical (unpaired) electrons. The van der Waals surface area contributed by atoms with Crippen molar-refractivity contribution >= 4 is 34.1 Å². The third kappa shape index (κ3) is 5.30. The molecule has 6 aromatic carbocycles. The van der Waals surface area contributed by atoms with Gasteiger partial charge in [-0.3, -0.25) is 0 Å². The summed E-state index contributed by atoms with van der Waals surface area (Å²) < 4.78 is 12.1. The molecule has 0 fully saturated rings. The van der Waals surface area contributed by atoms with Crippen molar-refractivity contribution in [2.24, 2.45) is 0 Å². The third-order valence-corrected chi connectivity index (χ3v) is 7.23. The van der Waals surface area contributed by atoms with Crippen molar-refractivity contribution in [3.63, 3.8) is 0 Å². The van der Waals surface area contributed by atoms with Gasteiger partial charge >= 0.3 is 0 Å². The lowest BCUT2D eigenvalue weighted by atomic mass is 10.0. The van der Waals surface area contributed by atoms with Crippen LogP contribution in [0.1, 0.15) is 0 Å². The fourth-order valence-corrected chi connectivity index (χ4v) is 5.33. The van der Waals surface area contributed by atoms with Gasteiger partial charge in [0.1, 0.15) is 0 Å². The van der Waals surface area contributed by atoms with E-state index in [-0.39, 0.29) is 0 Å². The number of hydrogen-bond acceptors (Lipinski definition) is 4. The van der Waals surface area contributed by atoms with E-state index in [1.54, 1.807) is 14.2 Å². The molecule has 4 heteroatoms. The normalized spacial score (nSPS) is 10.6. The van der Waals surface area contributed by atoms with Crippen LogP contribution in [0.5, 0.6) is 11.5 Å². The molecule has 0 atom stereocenters. The van der Waals surface area contributed by atoms with E-state index < -0.39 is 0 Å². The highest BCUT2D eigenvalue weighted by Crippen LogP contribution is 2.49. The maximum absolute atomic E-state index is 6.06. The van der Waals surface area contributed by atoms with Gasteiger partial charge in [-0.15, -0.1) is 0 Å². The summed E-state index contributed by atoms with van der Waals surface area (Å²) in [6.45, 7) is 0. The van der Waals surface area contributed by atoms with Gasteiger partial charge in [0.2, 0.25) is 0 Å². The topological polar surface area (TPSA) is 24.9 Å². The van der Waals surface area contributed by atoms with E-state index in [0.717, 1.165) is 45.3 Å². The minimum absolute atomic E-state index is 0.669. The standard InChI is InChI=1S/C38H32N2O2/c1-41-37-35(27-28-36(38(37)42-2)40(32-19-11-5-12-20-32)33-21-13-6-14-22-33)29-23-25-34(26-24-29)39(30-15-7-3-8-16-30)31-17-9-4-10-18-31/h3-28H,1-2H3. The highest BCUT2D eigenvalue weighted by atomic mass is 16.5. The number of anilines is 6. The summed E-state index contributed by atoms with van der Waals surface area (Å²) >= 11 is 0. The average Bonchev–Trinajstić information content (AvgIpc) is 3.07. The average molecular weight is 549 g/mol. The molecule has 0 aliphatic heterocycles. The second-order valence-corrected chi connectivity index (χ2v) is 9.76. The summed E-state index contributed by atoms with van der Waals surface area (Å²) in [4.78, 5) is 4.44. The van der Waals surface area contributed by atoms with E-state index in [0.29, 0.717) is 11.5 Å². The van der Waals surface area contributed by atoms with Crippen LogP contribution in [0.2, 0.25) is 0 Å². The molecule has 0 spiro atoms. The summed E-state index contributed by atoms with van der Waals surface area (Å²) in [5, 5.41) is 0. The van der Waals surface area contributed by atoms with Crippen LogP contribution in [-0.4, -0.2) is 14.2 Å². The van der Waals surface area contributed by atoms with Gasteiger partial charge in [-0.1, -0.05) is 84.9 Å². The Morgan fingerprint density at radius 3 is 1.14 bits per heavy atom. The van der Waals surface area contributed by atoms with Gasteiger partial charge in [-0.05, 0) is 78.4 Å². The van der Waals surface area contributed by atoms with Crippen LogP contribution < -0.4 is 19.3 Å². The van der Waals surface area contributed by atoms with Gasteiger partial charge in [-0.25, -0.2) is 0 Å². The van der Waals surface area contributed by atoms with E-state index in [4.69, 9.17) is 9.47 Å². The first-order valence-electron chi connectivity index (χ1n) is 13.9. The van der Waals surface area contributed by atoms with Crippen LogP contribution in [0.4, 0.5) is 34.1 Å². The largest absolute Gasteiger partial charge is 0.492 e. The second-order valence-electron chi connectivity index (χ2n) is 9.76. The zero-order valence-electron chi connectivity index (χ0n) is 23.7. The first-order chi connectivity index (χ1) is 20.8. The summed E-state index contributed by atoms with van der Waals surface area (Å²) in [6, 6.07) is 54.2. The van der Waals surface area contributed by atoms with Crippen LogP contribution in [-0.2, 0) is 0 Å². The minimum atomic E-state index is 0.669. The van der Waals surface area contributed by atoms with Crippen molar-refractivity contribution in [1.29, 1.82) is 0 Å². The van der Waals surface area contributed by atoms with E-state index in [2.05, 4.69) is 119 Å². The lowest BCUT2D eigenvalue weighted by Gasteiger charge is -2.28. The van der Waals surface area contributed by atoms with Gasteiger partial charge in [0, 0.05) is 34.0 Å². The molecule has 0 heterocycles. The Balaban J connectivity index is 1.43. The van der Waals surface area contributed by atoms with Crippen molar-refractivity contribution in [2.45, 2.75) is 0 Å². The summed E-state index contributed by atoms with van der Waals surface area (Å²) in [5.41, 5.74) is 8.21. The Bertz CT molecular complexity index is 1640. The number of ether oxygens (including phenoxy) is 2. The smallest absolute Gasteiger partial charge is 0.185 e. The molecular formula is C38H32N2O2. The monoisotopic (exact) mass is 548 g/mol. The van der Waals surface area contributed by atoms with Gasteiger partial charge in [0.25, 0.3) is 0 Å². The summed E-state index contributed by atoms with van der Waals surface area (Å²) in [6.07, 6.45) is 0. The number of hydrogen-bond donors (Lipinski definition) is 0. The predicted molar refractivity (Wildman–Crippen MR) is 174 cm³/mol. The second kappa shape index (κ2) is 12.4. The quantitative estimate of drug-likeness (QED) is 0.179. The van der Waals surface area contributed by atoms with Crippen molar-refractivity contribution in [2.75, 3.05) is 24.0 Å². The SMILES string of the molecule is COc1c(-c2ccc(N(c3ccccc3)c3ccccc3)cc2)ccc(N(c2ccccc2)c2ccccc2)c1OC. The molecular weight excluding hydrogens is 516 g/mol. The molecule has 42 heavy (non-hydrogen) atoms. The maximum atomic E-state index is 6.06. The molecule has 4 nitrogen and oxygen atoms in total. The highest BCUT2D eigenvalue weighted by molar-refractivity contribution is 5.87. The Morgan fingerprint density at radius 2 is 0.738 bits per heavy atom. The molecule has 0 saturated heterocycles. The van der Waals surface area contributed by atoms with Gasteiger partial charge in [0.05, 0.1) is 19.9 Å². The van der Waals surface area contributed by atoms with Crippen molar-refractivity contribution in [3.8, 4) is 22.6 Å². The molecule has 0 aromatic heterocycles. The fraction of sp³-hybridized carbons (Fsp3) is 0.0526. The highest BCUT2D eigenvalue weighted by Gasteiger charge is 2.23. The number of nitrogens with zero attached hydrogens (tertiary/aromatic N) is 2. The Labute approximate surface area is 247 Å². The lowest BCUT2D eigenvalue weighted by molar-refractivity contribution is 0.357. The molecule has 0 aliphatic carbocycles. The first kappa shape index (κ1) is 26.7. The Hall–Kier alpha value is -5.48. The van der Waals surface area contributed by atoms with E-state index in [1.807, 2.05) is 48.5 Å². The van der Waals surface area contributed by atoms with Gasteiger partial charge in [0.15, 0.2) is 11.5 Å². The molecule has 206 valence electrons. The summed E-state index contributed by atoms with van der Waals surface area (Å²) in [5.74, 6) is 1.35. The number of methoxy groups -OCH3 is 2. The zero-order chi connectivity index (χ0) is 28.7. The molecule has 0 unspecified atom stereocenters.